The van der Waals surface area contributed by atoms with Gasteiger partial charge in [0.15, 0.2) is 0 Å². The molecule has 0 saturated carbocycles. The van der Waals surface area contributed by atoms with Crippen LogP contribution in [0.2, 0.25) is 0 Å². The summed E-state index contributed by atoms with van der Waals surface area (Å²) in [4.78, 5) is 47.8. The standard InChI is InChI=1S/C14H8N2O6S/c1-22-14(19)11-10(4-5-23-11)15-12(17)8-3-2-7(16(20)21)6-9(8)13(15)18/h2-6H,1H3. The summed E-state index contributed by atoms with van der Waals surface area (Å²) in [5.41, 5.74) is -0.185. The van der Waals surface area contributed by atoms with Crippen LogP contribution in [0.3, 0.4) is 0 Å². The number of nitro groups is 1. The SMILES string of the molecule is COC(=O)c1sccc1N1C(=O)c2ccc([N+](=O)[O-])cc2C1=O. The summed E-state index contributed by atoms with van der Waals surface area (Å²) in [6.45, 7) is 0. The summed E-state index contributed by atoms with van der Waals surface area (Å²) in [5.74, 6) is -2.02. The van der Waals surface area contributed by atoms with E-state index in [0.29, 0.717) is 0 Å². The molecule has 3 rings (SSSR count). The third-order valence-corrected chi connectivity index (χ3v) is 4.22. The van der Waals surface area contributed by atoms with E-state index in [9.17, 15) is 24.5 Å². The number of benzene rings is 1. The maximum atomic E-state index is 12.5. The van der Waals surface area contributed by atoms with Crippen LogP contribution in [0.5, 0.6) is 0 Å². The van der Waals surface area contributed by atoms with Gasteiger partial charge in [-0.15, -0.1) is 11.3 Å². The molecule has 8 nitrogen and oxygen atoms in total. The minimum absolute atomic E-state index is 0.0580. The molecule has 116 valence electrons. The van der Waals surface area contributed by atoms with Crippen molar-refractivity contribution in [2.24, 2.45) is 0 Å². The largest absolute Gasteiger partial charge is 0.465 e. The second-order valence-corrected chi connectivity index (χ2v) is 5.48. The molecule has 1 aromatic heterocycles. The molecular formula is C14H8N2O6S. The number of fused-ring (bicyclic) bond motifs is 1. The number of amides is 2. The number of hydrogen-bond acceptors (Lipinski definition) is 7. The van der Waals surface area contributed by atoms with Crippen LogP contribution in [0.15, 0.2) is 29.6 Å². The predicted molar refractivity (Wildman–Crippen MR) is 79.9 cm³/mol. The normalized spacial score (nSPS) is 13.2. The summed E-state index contributed by atoms with van der Waals surface area (Å²) < 4.78 is 4.63. The second-order valence-electron chi connectivity index (χ2n) is 4.56. The zero-order valence-corrected chi connectivity index (χ0v) is 12.5. The Labute approximate surface area is 133 Å². The lowest BCUT2D eigenvalue weighted by molar-refractivity contribution is -0.384. The molecular weight excluding hydrogens is 324 g/mol. The molecule has 2 aromatic rings. The molecule has 0 unspecified atom stereocenters. The first kappa shape index (κ1) is 14.9. The minimum atomic E-state index is -0.711. The van der Waals surface area contributed by atoms with Crippen LogP contribution >= 0.6 is 11.3 Å². The lowest BCUT2D eigenvalue weighted by atomic mass is 10.1. The average Bonchev–Trinajstić information content (AvgIpc) is 3.10. The second kappa shape index (κ2) is 5.29. The molecule has 0 radical (unpaired) electrons. The van der Waals surface area contributed by atoms with Crippen molar-refractivity contribution >= 4 is 40.5 Å². The topological polar surface area (TPSA) is 107 Å². The van der Waals surface area contributed by atoms with Gasteiger partial charge in [0.1, 0.15) is 4.88 Å². The molecule has 0 aliphatic carbocycles. The summed E-state index contributed by atoms with van der Waals surface area (Å²) in [6, 6.07) is 4.90. The van der Waals surface area contributed by atoms with E-state index in [1.807, 2.05) is 0 Å². The average molecular weight is 332 g/mol. The fourth-order valence-electron chi connectivity index (χ4n) is 2.29. The summed E-state index contributed by atoms with van der Waals surface area (Å²) in [5, 5.41) is 12.4. The van der Waals surface area contributed by atoms with Gasteiger partial charge in [-0.3, -0.25) is 19.7 Å². The van der Waals surface area contributed by atoms with Crippen molar-refractivity contribution in [3.63, 3.8) is 0 Å². The number of ether oxygens (including phenoxy) is 1. The Balaban J connectivity index is 2.09. The number of nitrogens with zero attached hydrogens (tertiary/aromatic N) is 2. The minimum Gasteiger partial charge on any atom is -0.465 e. The maximum absolute atomic E-state index is 12.5. The Hall–Kier alpha value is -3.07. The van der Waals surface area contributed by atoms with Crippen LogP contribution in [0.4, 0.5) is 11.4 Å². The fourth-order valence-corrected chi connectivity index (χ4v) is 3.08. The van der Waals surface area contributed by atoms with E-state index < -0.39 is 22.7 Å². The van der Waals surface area contributed by atoms with E-state index in [0.717, 1.165) is 28.4 Å². The highest BCUT2D eigenvalue weighted by atomic mass is 32.1. The highest BCUT2D eigenvalue weighted by molar-refractivity contribution is 7.12. The van der Waals surface area contributed by atoms with Crippen molar-refractivity contribution in [2.75, 3.05) is 12.0 Å². The third-order valence-electron chi connectivity index (χ3n) is 3.34. The lowest BCUT2D eigenvalue weighted by Gasteiger charge is -2.13. The van der Waals surface area contributed by atoms with Crippen molar-refractivity contribution in [1.29, 1.82) is 0 Å². The molecule has 0 saturated heterocycles. The Kier molecular flexibility index (Phi) is 3.41. The van der Waals surface area contributed by atoms with Gasteiger partial charge in [-0.25, -0.2) is 9.69 Å². The smallest absolute Gasteiger partial charge is 0.350 e. The van der Waals surface area contributed by atoms with E-state index in [-0.39, 0.29) is 27.4 Å². The van der Waals surface area contributed by atoms with Gasteiger partial charge in [0, 0.05) is 12.1 Å². The van der Waals surface area contributed by atoms with Crippen molar-refractivity contribution in [2.45, 2.75) is 0 Å². The molecule has 0 bridgehead atoms. The van der Waals surface area contributed by atoms with Gasteiger partial charge >= 0.3 is 5.97 Å². The number of imide groups is 1. The van der Waals surface area contributed by atoms with Crippen LogP contribution in [0, 0.1) is 10.1 Å². The van der Waals surface area contributed by atoms with E-state index in [1.165, 1.54) is 19.2 Å². The van der Waals surface area contributed by atoms with Crippen molar-refractivity contribution in [3.05, 3.63) is 55.8 Å². The number of nitro benzene ring substituents is 1. The Morgan fingerprint density at radius 3 is 2.57 bits per heavy atom. The molecule has 0 atom stereocenters. The maximum Gasteiger partial charge on any atom is 0.350 e. The number of anilines is 1. The van der Waals surface area contributed by atoms with E-state index in [4.69, 9.17) is 0 Å². The molecule has 0 spiro atoms. The predicted octanol–water partition coefficient (Wildman–Crippen LogP) is 2.24. The van der Waals surface area contributed by atoms with Gasteiger partial charge < -0.3 is 4.74 Å². The van der Waals surface area contributed by atoms with Gasteiger partial charge in [-0.1, -0.05) is 0 Å². The number of carbonyl (C=O) groups excluding carboxylic acids is 3. The molecule has 1 aliphatic rings. The number of carbonyl (C=O) groups is 3. The zero-order chi connectivity index (χ0) is 16.7. The fraction of sp³-hybridized carbons (Fsp3) is 0.0714. The first-order valence-corrected chi connectivity index (χ1v) is 7.16. The Morgan fingerprint density at radius 1 is 1.22 bits per heavy atom. The number of rotatable bonds is 3. The lowest BCUT2D eigenvalue weighted by Crippen LogP contribution is -2.30. The van der Waals surface area contributed by atoms with Gasteiger partial charge in [0.05, 0.1) is 28.8 Å². The van der Waals surface area contributed by atoms with Gasteiger partial charge in [-0.2, -0.15) is 0 Å². The van der Waals surface area contributed by atoms with Gasteiger partial charge in [0.2, 0.25) is 0 Å². The first-order chi connectivity index (χ1) is 11.0. The van der Waals surface area contributed by atoms with Crippen molar-refractivity contribution < 1.29 is 24.0 Å². The molecule has 0 N–H and O–H groups in total. The molecule has 1 aliphatic heterocycles. The highest BCUT2D eigenvalue weighted by Crippen LogP contribution is 2.35. The number of thiophene rings is 1. The molecule has 0 fully saturated rings. The van der Waals surface area contributed by atoms with Crippen LogP contribution in [0.25, 0.3) is 0 Å². The zero-order valence-electron chi connectivity index (χ0n) is 11.6. The van der Waals surface area contributed by atoms with Crippen LogP contribution in [-0.4, -0.2) is 29.8 Å². The number of hydrogen-bond donors (Lipinski definition) is 0. The molecule has 9 heteroatoms. The van der Waals surface area contributed by atoms with Crippen LogP contribution < -0.4 is 4.90 Å². The van der Waals surface area contributed by atoms with Crippen LogP contribution in [-0.2, 0) is 4.74 Å². The van der Waals surface area contributed by atoms with Crippen LogP contribution in [0.1, 0.15) is 30.4 Å². The van der Waals surface area contributed by atoms with Crippen molar-refractivity contribution in [3.8, 4) is 0 Å². The first-order valence-electron chi connectivity index (χ1n) is 6.28. The molecule has 2 amide bonds. The number of non-ortho nitro benzene ring substituents is 1. The molecule has 2 heterocycles. The van der Waals surface area contributed by atoms with Gasteiger partial charge in [0.25, 0.3) is 17.5 Å². The van der Waals surface area contributed by atoms with E-state index in [2.05, 4.69) is 4.74 Å². The summed E-state index contributed by atoms with van der Waals surface area (Å²) >= 11 is 1.03. The monoisotopic (exact) mass is 332 g/mol. The third kappa shape index (κ3) is 2.18. The molecule has 23 heavy (non-hydrogen) atoms. The number of methoxy groups -OCH3 is 1. The van der Waals surface area contributed by atoms with Crippen molar-refractivity contribution in [1.82, 2.24) is 0 Å². The van der Waals surface area contributed by atoms with Gasteiger partial charge in [-0.05, 0) is 17.5 Å². The summed E-state index contributed by atoms with van der Waals surface area (Å²) in [7, 11) is 1.19. The number of esters is 1. The van der Waals surface area contributed by atoms with E-state index in [1.54, 1.807) is 5.38 Å². The summed E-state index contributed by atoms with van der Waals surface area (Å²) in [6.07, 6.45) is 0. The quantitative estimate of drug-likeness (QED) is 0.369. The highest BCUT2D eigenvalue weighted by Gasteiger charge is 2.40. The van der Waals surface area contributed by atoms with E-state index >= 15 is 0 Å². The Morgan fingerprint density at radius 2 is 1.91 bits per heavy atom. The Bertz CT molecular complexity index is 872. The molecule has 1 aromatic carbocycles.